The lowest BCUT2D eigenvalue weighted by Gasteiger charge is -2.06. The third-order valence-electron chi connectivity index (χ3n) is 2.66. The number of aryl methyl sites for hydroxylation is 1. The smallest absolute Gasteiger partial charge is 0.349 e. The van der Waals surface area contributed by atoms with Crippen LogP contribution in [-0.4, -0.2) is 19.6 Å². The van der Waals surface area contributed by atoms with Gasteiger partial charge in [-0.1, -0.05) is 0 Å². The van der Waals surface area contributed by atoms with E-state index in [0.717, 1.165) is 0 Å². The molecule has 0 spiro atoms. The Morgan fingerprint density at radius 2 is 2.20 bits per heavy atom. The fourth-order valence-electron chi connectivity index (χ4n) is 1.78. The molecule has 1 N–H and O–H groups in total. The van der Waals surface area contributed by atoms with E-state index in [1.54, 1.807) is 13.0 Å². The van der Waals surface area contributed by atoms with Gasteiger partial charge < -0.3 is 4.74 Å². The second-order valence-electron chi connectivity index (χ2n) is 4.04. The van der Waals surface area contributed by atoms with Gasteiger partial charge in [0.1, 0.15) is 17.4 Å². The Bertz CT molecular complexity index is 858. The highest BCUT2D eigenvalue weighted by Gasteiger charge is 2.09. The molecule has 2 heterocycles. The standard InChI is InChI=1S/C12H8BrFN4O2/c1-6-15-11(5-10-16-17-12(19)18(6)10)20-7-2-3-8(13)9(14)4-7/h2-5H,1H3,(H,17,19). The molecule has 0 aliphatic heterocycles. The molecule has 0 saturated carbocycles. The van der Waals surface area contributed by atoms with Crippen LogP contribution in [-0.2, 0) is 0 Å². The summed E-state index contributed by atoms with van der Waals surface area (Å²) in [5.74, 6) is 0.528. The van der Waals surface area contributed by atoms with Gasteiger partial charge in [0, 0.05) is 12.1 Å². The number of aromatic nitrogens is 4. The molecule has 3 aromatic rings. The first-order valence-corrected chi connectivity index (χ1v) is 6.41. The highest BCUT2D eigenvalue weighted by Crippen LogP contribution is 2.25. The lowest BCUT2D eigenvalue weighted by atomic mass is 10.3. The van der Waals surface area contributed by atoms with Crippen molar-refractivity contribution in [1.82, 2.24) is 19.6 Å². The third kappa shape index (κ3) is 2.18. The van der Waals surface area contributed by atoms with E-state index >= 15 is 0 Å². The highest BCUT2D eigenvalue weighted by molar-refractivity contribution is 9.10. The first kappa shape index (κ1) is 12.8. The van der Waals surface area contributed by atoms with Crippen LogP contribution in [0.2, 0.25) is 0 Å². The molecule has 20 heavy (non-hydrogen) atoms. The Balaban J connectivity index is 2.02. The van der Waals surface area contributed by atoms with Crippen LogP contribution in [0.3, 0.4) is 0 Å². The summed E-state index contributed by atoms with van der Waals surface area (Å²) in [5, 5.41) is 6.16. The summed E-state index contributed by atoms with van der Waals surface area (Å²) < 4.78 is 20.5. The lowest BCUT2D eigenvalue weighted by Crippen LogP contribution is -2.13. The molecule has 102 valence electrons. The zero-order valence-electron chi connectivity index (χ0n) is 10.2. The van der Waals surface area contributed by atoms with Gasteiger partial charge in [0.05, 0.1) is 4.47 Å². The average Bonchev–Trinajstić information content (AvgIpc) is 2.76. The molecule has 0 aliphatic carbocycles. The highest BCUT2D eigenvalue weighted by atomic mass is 79.9. The minimum absolute atomic E-state index is 0.232. The number of nitrogens with zero attached hydrogens (tertiary/aromatic N) is 3. The maximum atomic E-state index is 13.4. The van der Waals surface area contributed by atoms with Gasteiger partial charge in [0.25, 0.3) is 0 Å². The van der Waals surface area contributed by atoms with Gasteiger partial charge in [-0.15, -0.1) is 0 Å². The van der Waals surface area contributed by atoms with E-state index in [2.05, 4.69) is 31.1 Å². The molecule has 0 bridgehead atoms. The van der Waals surface area contributed by atoms with Crippen molar-refractivity contribution < 1.29 is 9.13 Å². The fraction of sp³-hybridized carbons (Fsp3) is 0.0833. The van der Waals surface area contributed by atoms with Crippen LogP contribution in [0.25, 0.3) is 5.65 Å². The Hall–Kier alpha value is -2.22. The van der Waals surface area contributed by atoms with Gasteiger partial charge in [-0.3, -0.25) is 0 Å². The monoisotopic (exact) mass is 338 g/mol. The van der Waals surface area contributed by atoms with E-state index in [0.29, 0.717) is 21.7 Å². The minimum atomic E-state index is -0.434. The largest absolute Gasteiger partial charge is 0.439 e. The molecule has 0 fully saturated rings. The number of fused-ring (bicyclic) bond motifs is 1. The number of nitrogens with one attached hydrogen (secondary N) is 1. The van der Waals surface area contributed by atoms with Crippen molar-refractivity contribution in [3.05, 3.63) is 50.9 Å². The molecule has 1 aromatic carbocycles. The molecular weight excluding hydrogens is 331 g/mol. The number of ether oxygens (including phenoxy) is 1. The topological polar surface area (TPSA) is 72.3 Å². The van der Waals surface area contributed by atoms with E-state index in [-0.39, 0.29) is 11.6 Å². The lowest BCUT2D eigenvalue weighted by molar-refractivity contribution is 0.455. The Kier molecular flexibility index (Phi) is 3.01. The van der Waals surface area contributed by atoms with Gasteiger partial charge in [-0.05, 0) is 35.0 Å². The number of halogens is 2. The number of hydrogen-bond acceptors (Lipinski definition) is 4. The summed E-state index contributed by atoms with van der Waals surface area (Å²) >= 11 is 3.06. The molecule has 0 radical (unpaired) electrons. The van der Waals surface area contributed by atoms with Crippen molar-refractivity contribution in [2.75, 3.05) is 0 Å². The summed E-state index contributed by atoms with van der Waals surface area (Å²) in [6.07, 6.45) is 0. The molecule has 3 rings (SSSR count). The van der Waals surface area contributed by atoms with Crippen LogP contribution in [0.4, 0.5) is 4.39 Å². The predicted molar refractivity (Wildman–Crippen MR) is 72.5 cm³/mol. The van der Waals surface area contributed by atoms with Crippen LogP contribution < -0.4 is 10.4 Å². The zero-order chi connectivity index (χ0) is 14.3. The van der Waals surface area contributed by atoms with Crippen LogP contribution in [0, 0.1) is 12.7 Å². The van der Waals surface area contributed by atoms with Gasteiger partial charge in [0.15, 0.2) is 5.65 Å². The Morgan fingerprint density at radius 1 is 1.40 bits per heavy atom. The predicted octanol–water partition coefficient (Wildman–Crippen LogP) is 2.42. The number of hydrogen-bond donors (Lipinski definition) is 1. The van der Waals surface area contributed by atoms with Gasteiger partial charge in [-0.25, -0.2) is 18.7 Å². The molecule has 0 unspecified atom stereocenters. The van der Waals surface area contributed by atoms with E-state index in [9.17, 15) is 9.18 Å². The van der Waals surface area contributed by atoms with Crippen molar-refractivity contribution in [3.8, 4) is 11.6 Å². The molecule has 8 heteroatoms. The summed E-state index contributed by atoms with van der Waals surface area (Å²) in [4.78, 5) is 15.6. The first-order valence-electron chi connectivity index (χ1n) is 5.62. The van der Waals surface area contributed by atoms with Crippen LogP contribution >= 0.6 is 15.9 Å². The molecular formula is C12H8BrFN4O2. The second kappa shape index (κ2) is 4.71. The number of rotatable bonds is 2. The average molecular weight is 339 g/mol. The molecule has 0 amide bonds. The van der Waals surface area contributed by atoms with Crippen molar-refractivity contribution in [1.29, 1.82) is 0 Å². The normalized spacial score (nSPS) is 10.9. The van der Waals surface area contributed by atoms with Crippen molar-refractivity contribution in [2.45, 2.75) is 6.92 Å². The van der Waals surface area contributed by atoms with E-state index < -0.39 is 5.82 Å². The van der Waals surface area contributed by atoms with Gasteiger partial charge in [-0.2, -0.15) is 10.1 Å². The number of H-pyrrole nitrogens is 1. The van der Waals surface area contributed by atoms with Gasteiger partial charge in [0.2, 0.25) is 5.88 Å². The maximum Gasteiger partial charge on any atom is 0.349 e. The third-order valence-corrected chi connectivity index (χ3v) is 3.30. The number of aromatic amines is 1. The first-order chi connectivity index (χ1) is 9.54. The summed E-state index contributed by atoms with van der Waals surface area (Å²) in [6.45, 7) is 1.65. The summed E-state index contributed by atoms with van der Waals surface area (Å²) in [6, 6.07) is 5.87. The molecule has 0 atom stereocenters. The number of benzene rings is 1. The molecule has 0 aliphatic rings. The Morgan fingerprint density at radius 3 is 2.95 bits per heavy atom. The maximum absolute atomic E-state index is 13.4. The van der Waals surface area contributed by atoms with Crippen molar-refractivity contribution in [2.24, 2.45) is 0 Å². The minimum Gasteiger partial charge on any atom is -0.439 e. The van der Waals surface area contributed by atoms with Gasteiger partial charge >= 0.3 is 5.69 Å². The quantitative estimate of drug-likeness (QED) is 0.778. The van der Waals surface area contributed by atoms with Crippen LogP contribution in [0.15, 0.2) is 33.5 Å². The van der Waals surface area contributed by atoms with Crippen LogP contribution in [0.5, 0.6) is 11.6 Å². The van der Waals surface area contributed by atoms with E-state index in [1.807, 2.05) is 0 Å². The van der Waals surface area contributed by atoms with Crippen molar-refractivity contribution in [3.63, 3.8) is 0 Å². The molecule has 0 saturated heterocycles. The fourth-order valence-corrected chi connectivity index (χ4v) is 2.03. The van der Waals surface area contributed by atoms with Crippen LogP contribution in [0.1, 0.15) is 5.82 Å². The van der Waals surface area contributed by atoms with Crippen molar-refractivity contribution >= 4 is 21.6 Å². The van der Waals surface area contributed by atoms with E-state index in [1.165, 1.54) is 22.6 Å². The SMILES string of the molecule is Cc1nc(Oc2ccc(Br)c(F)c2)cc2n[nH]c(=O)n12. The summed E-state index contributed by atoms with van der Waals surface area (Å²) in [7, 11) is 0. The second-order valence-corrected chi connectivity index (χ2v) is 4.90. The Labute approximate surface area is 120 Å². The van der Waals surface area contributed by atoms with E-state index in [4.69, 9.17) is 4.74 Å². The molecule has 6 nitrogen and oxygen atoms in total. The zero-order valence-corrected chi connectivity index (χ0v) is 11.8. The molecule has 2 aromatic heterocycles. The summed E-state index contributed by atoms with van der Waals surface area (Å²) in [5.41, 5.74) is 0.0151.